The molecular weight excluding hydrogens is 138 g/mol. The van der Waals surface area contributed by atoms with Crippen molar-refractivity contribution in [3.63, 3.8) is 0 Å². The predicted molar refractivity (Wildman–Crippen MR) is 43.1 cm³/mol. The normalized spacial score (nSPS) is 36.7. The summed E-state index contributed by atoms with van der Waals surface area (Å²) in [5, 5.41) is 0. The molecular formula is C9H15NO. The van der Waals surface area contributed by atoms with Crippen LogP contribution in [0.1, 0.15) is 26.7 Å². The van der Waals surface area contributed by atoms with Crippen LogP contribution in [0.5, 0.6) is 0 Å². The molecule has 1 heterocycles. The van der Waals surface area contributed by atoms with Gasteiger partial charge in [-0.3, -0.25) is 4.79 Å². The van der Waals surface area contributed by atoms with Crippen LogP contribution in [0.4, 0.5) is 0 Å². The molecule has 62 valence electrons. The fourth-order valence-electron chi connectivity index (χ4n) is 1.65. The molecule has 0 aromatic rings. The van der Waals surface area contributed by atoms with Crippen LogP contribution in [0.2, 0.25) is 0 Å². The third-order valence-electron chi connectivity index (χ3n) is 3.01. The van der Waals surface area contributed by atoms with Gasteiger partial charge in [-0.2, -0.15) is 0 Å². The fraction of sp³-hybridized carbons (Fsp3) is 0.889. The number of likely N-dealkylation sites (tertiary alicyclic amines) is 1. The van der Waals surface area contributed by atoms with Crippen LogP contribution in [0.3, 0.4) is 0 Å². The molecule has 2 heteroatoms. The van der Waals surface area contributed by atoms with Crippen LogP contribution < -0.4 is 0 Å². The second-order valence-electron chi connectivity index (χ2n) is 3.98. The van der Waals surface area contributed by atoms with Gasteiger partial charge in [-0.05, 0) is 25.7 Å². The first-order chi connectivity index (χ1) is 5.20. The molecule has 2 atom stereocenters. The highest BCUT2D eigenvalue weighted by atomic mass is 16.2. The summed E-state index contributed by atoms with van der Waals surface area (Å²) in [6.07, 6.45) is 2.27. The number of amides is 1. The lowest BCUT2D eigenvalue weighted by molar-refractivity contribution is -0.143. The van der Waals surface area contributed by atoms with E-state index in [4.69, 9.17) is 0 Å². The standard InChI is InChI=1S/C9H15NO/c1-6-5-10(7(6)2)9(11)8-3-4-8/h6-8H,3-5H2,1-2H3. The van der Waals surface area contributed by atoms with E-state index < -0.39 is 0 Å². The molecule has 0 aromatic heterocycles. The van der Waals surface area contributed by atoms with E-state index in [1.54, 1.807) is 0 Å². The Morgan fingerprint density at radius 1 is 1.36 bits per heavy atom. The average Bonchev–Trinajstić information content (AvgIpc) is 2.80. The van der Waals surface area contributed by atoms with Gasteiger partial charge < -0.3 is 4.90 Å². The first kappa shape index (κ1) is 7.14. The summed E-state index contributed by atoms with van der Waals surface area (Å²) in [7, 11) is 0. The van der Waals surface area contributed by atoms with Gasteiger partial charge in [-0.15, -0.1) is 0 Å². The summed E-state index contributed by atoms with van der Waals surface area (Å²) in [6.45, 7) is 5.35. The molecule has 2 unspecified atom stereocenters. The van der Waals surface area contributed by atoms with Crippen molar-refractivity contribution in [2.24, 2.45) is 11.8 Å². The molecule has 1 saturated carbocycles. The molecule has 2 fully saturated rings. The van der Waals surface area contributed by atoms with Crippen LogP contribution in [0, 0.1) is 11.8 Å². The zero-order chi connectivity index (χ0) is 8.01. The van der Waals surface area contributed by atoms with Crippen molar-refractivity contribution in [2.75, 3.05) is 6.54 Å². The Labute approximate surface area is 67.6 Å². The summed E-state index contributed by atoms with van der Waals surface area (Å²) in [4.78, 5) is 13.5. The summed E-state index contributed by atoms with van der Waals surface area (Å²) < 4.78 is 0. The second-order valence-corrected chi connectivity index (χ2v) is 3.98. The Morgan fingerprint density at radius 3 is 2.36 bits per heavy atom. The van der Waals surface area contributed by atoms with Gasteiger partial charge >= 0.3 is 0 Å². The van der Waals surface area contributed by atoms with Gasteiger partial charge in [0.25, 0.3) is 0 Å². The van der Waals surface area contributed by atoms with Gasteiger partial charge in [-0.25, -0.2) is 0 Å². The van der Waals surface area contributed by atoms with E-state index >= 15 is 0 Å². The smallest absolute Gasteiger partial charge is 0.225 e. The van der Waals surface area contributed by atoms with E-state index in [1.807, 2.05) is 4.90 Å². The highest BCUT2D eigenvalue weighted by Crippen LogP contribution is 2.35. The number of rotatable bonds is 1. The highest BCUT2D eigenvalue weighted by molar-refractivity contribution is 5.82. The molecule has 2 rings (SSSR count). The van der Waals surface area contributed by atoms with E-state index in [-0.39, 0.29) is 0 Å². The first-order valence-corrected chi connectivity index (χ1v) is 4.50. The van der Waals surface area contributed by atoms with E-state index in [0.29, 0.717) is 17.9 Å². The van der Waals surface area contributed by atoms with Crippen molar-refractivity contribution >= 4 is 5.91 Å². The minimum atomic E-state index is 0.407. The summed E-state index contributed by atoms with van der Waals surface area (Å²) in [6, 6.07) is 0.503. The van der Waals surface area contributed by atoms with Gasteiger partial charge in [0, 0.05) is 18.5 Å². The van der Waals surface area contributed by atoms with E-state index in [1.165, 1.54) is 0 Å². The van der Waals surface area contributed by atoms with Crippen molar-refractivity contribution in [3.8, 4) is 0 Å². The molecule has 2 aliphatic rings. The van der Waals surface area contributed by atoms with Gasteiger partial charge in [0.2, 0.25) is 5.91 Å². The van der Waals surface area contributed by atoms with Crippen molar-refractivity contribution in [3.05, 3.63) is 0 Å². The Kier molecular flexibility index (Phi) is 1.44. The molecule has 0 N–H and O–H groups in total. The number of nitrogens with zero attached hydrogens (tertiary/aromatic N) is 1. The maximum Gasteiger partial charge on any atom is 0.225 e. The summed E-state index contributed by atoms with van der Waals surface area (Å²) in [5.41, 5.74) is 0. The molecule has 1 aliphatic carbocycles. The Bertz CT molecular complexity index is 186. The number of carbonyl (C=O) groups is 1. The average molecular weight is 153 g/mol. The van der Waals surface area contributed by atoms with Crippen LogP contribution in [-0.2, 0) is 4.79 Å². The SMILES string of the molecule is CC1CN(C(=O)C2CC2)C1C. The maximum atomic E-state index is 11.5. The molecule has 2 nitrogen and oxygen atoms in total. The van der Waals surface area contributed by atoms with Crippen molar-refractivity contribution in [2.45, 2.75) is 32.7 Å². The van der Waals surface area contributed by atoms with Crippen molar-refractivity contribution in [1.82, 2.24) is 4.90 Å². The zero-order valence-electron chi connectivity index (χ0n) is 7.21. The van der Waals surface area contributed by atoms with E-state index in [2.05, 4.69) is 13.8 Å². The minimum absolute atomic E-state index is 0.407. The van der Waals surface area contributed by atoms with Gasteiger partial charge in [-0.1, -0.05) is 6.92 Å². The third kappa shape index (κ3) is 1.05. The molecule has 0 aromatic carbocycles. The molecule has 1 amide bonds. The van der Waals surface area contributed by atoms with Gasteiger partial charge in [0.05, 0.1) is 0 Å². The number of carbonyl (C=O) groups excluding carboxylic acids is 1. The summed E-state index contributed by atoms with van der Waals surface area (Å²) >= 11 is 0. The molecule has 1 saturated heterocycles. The lowest BCUT2D eigenvalue weighted by Gasteiger charge is -2.45. The topological polar surface area (TPSA) is 20.3 Å². The van der Waals surface area contributed by atoms with Gasteiger partial charge in [0.1, 0.15) is 0 Å². The maximum absolute atomic E-state index is 11.5. The van der Waals surface area contributed by atoms with Crippen LogP contribution in [-0.4, -0.2) is 23.4 Å². The van der Waals surface area contributed by atoms with Crippen LogP contribution in [0.25, 0.3) is 0 Å². The monoisotopic (exact) mass is 153 g/mol. The lowest BCUT2D eigenvalue weighted by Crippen LogP contribution is -2.56. The second kappa shape index (κ2) is 2.23. The van der Waals surface area contributed by atoms with E-state index in [0.717, 1.165) is 25.3 Å². The molecule has 0 radical (unpaired) electrons. The Morgan fingerprint density at radius 2 is 2.00 bits per heavy atom. The van der Waals surface area contributed by atoms with Crippen molar-refractivity contribution in [1.29, 1.82) is 0 Å². The molecule has 0 bridgehead atoms. The fourth-order valence-corrected chi connectivity index (χ4v) is 1.65. The lowest BCUT2D eigenvalue weighted by atomic mass is 9.91. The number of hydrogen-bond donors (Lipinski definition) is 0. The van der Waals surface area contributed by atoms with E-state index in [9.17, 15) is 4.79 Å². The molecule has 0 spiro atoms. The Hall–Kier alpha value is -0.530. The quantitative estimate of drug-likeness (QED) is 0.555. The van der Waals surface area contributed by atoms with Crippen LogP contribution in [0.15, 0.2) is 0 Å². The largest absolute Gasteiger partial charge is 0.339 e. The van der Waals surface area contributed by atoms with Crippen molar-refractivity contribution < 1.29 is 4.79 Å². The Balaban J connectivity index is 1.91. The molecule has 11 heavy (non-hydrogen) atoms. The number of hydrogen-bond acceptors (Lipinski definition) is 1. The predicted octanol–water partition coefficient (Wildman–Crippen LogP) is 1.26. The van der Waals surface area contributed by atoms with Gasteiger partial charge in [0.15, 0.2) is 0 Å². The summed E-state index contributed by atoms with van der Waals surface area (Å²) in [5.74, 6) is 1.54. The molecule has 1 aliphatic heterocycles. The third-order valence-corrected chi connectivity index (χ3v) is 3.01. The minimum Gasteiger partial charge on any atom is -0.339 e. The zero-order valence-corrected chi connectivity index (χ0v) is 7.21. The van der Waals surface area contributed by atoms with Crippen LogP contribution >= 0.6 is 0 Å². The first-order valence-electron chi connectivity index (χ1n) is 4.50. The highest BCUT2D eigenvalue weighted by Gasteiger charge is 2.41.